The van der Waals surface area contributed by atoms with Crippen molar-refractivity contribution in [1.82, 2.24) is 0 Å². The van der Waals surface area contributed by atoms with Gasteiger partial charge in [-0.05, 0) is 43.2 Å². The zero-order valence-corrected chi connectivity index (χ0v) is 16.5. The third-order valence-corrected chi connectivity index (χ3v) is 5.18. The molecule has 0 aliphatic carbocycles. The Labute approximate surface area is 162 Å². The Morgan fingerprint density at radius 3 is 2.41 bits per heavy atom. The molecule has 0 bridgehead atoms. The number of hydrogen-bond acceptors (Lipinski definition) is 5. The summed E-state index contributed by atoms with van der Waals surface area (Å²) in [4.78, 5) is 22.8. The summed E-state index contributed by atoms with van der Waals surface area (Å²) in [5.74, 6) is -0.627. The Morgan fingerprint density at radius 2 is 1.85 bits per heavy atom. The number of carbonyl (C=O) groups excluding carboxylic acids is 1. The summed E-state index contributed by atoms with van der Waals surface area (Å²) in [7, 11) is -3.75. The third kappa shape index (κ3) is 5.18. The number of rotatable bonds is 6. The summed E-state index contributed by atoms with van der Waals surface area (Å²) in [5.41, 5.74) is 1.60. The maximum atomic E-state index is 12.4. The first-order valence-electron chi connectivity index (χ1n) is 7.78. The largest absolute Gasteiger partial charge is 0.324 e. The van der Waals surface area contributed by atoms with Crippen molar-refractivity contribution in [2.75, 3.05) is 22.4 Å². The molecule has 2 aromatic carbocycles. The molecule has 0 atom stereocenters. The van der Waals surface area contributed by atoms with Crippen LogP contribution in [0.1, 0.15) is 11.1 Å². The van der Waals surface area contributed by atoms with Crippen LogP contribution < -0.4 is 9.62 Å². The fraction of sp³-hybridized carbons (Fsp3) is 0.235. The Hall–Kier alpha value is -2.65. The molecule has 0 heterocycles. The first-order valence-corrected chi connectivity index (χ1v) is 10.0. The molecule has 0 spiro atoms. The van der Waals surface area contributed by atoms with Crippen LogP contribution in [0.25, 0.3) is 0 Å². The Balaban J connectivity index is 2.30. The molecule has 144 valence electrons. The molecule has 0 unspecified atom stereocenters. The summed E-state index contributed by atoms with van der Waals surface area (Å²) in [6, 6.07) is 8.70. The van der Waals surface area contributed by atoms with Crippen LogP contribution in [0.2, 0.25) is 5.02 Å². The quantitative estimate of drug-likeness (QED) is 0.579. The van der Waals surface area contributed by atoms with E-state index < -0.39 is 27.4 Å². The van der Waals surface area contributed by atoms with Crippen molar-refractivity contribution in [3.8, 4) is 0 Å². The van der Waals surface area contributed by atoms with Gasteiger partial charge in [0.05, 0.1) is 22.6 Å². The topological polar surface area (TPSA) is 110 Å². The van der Waals surface area contributed by atoms with Crippen molar-refractivity contribution in [2.24, 2.45) is 0 Å². The molecule has 2 rings (SSSR count). The number of halogens is 1. The van der Waals surface area contributed by atoms with Crippen molar-refractivity contribution in [3.05, 3.63) is 62.7 Å². The number of non-ortho nitro benzene ring substituents is 1. The van der Waals surface area contributed by atoms with Crippen molar-refractivity contribution in [2.45, 2.75) is 13.8 Å². The minimum absolute atomic E-state index is 0.176. The summed E-state index contributed by atoms with van der Waals surface area (Å²) in [5, 5.41) is 13.9. The van der Waals surface area contributed by atoms with Crippen molar-refractivity contribution in [3.63, 3.8) is 0 Å². The molecule has 0 aliphatic heterocycles. The molecule has 0 saturated carbocycles. The van der Waals surface area contributed by atoms with Gasteiger partial charge in [0.25, 0.3) is 5.69 Å². The van der Waals surface area contributed by atoms with Gasteiger partial charge in [-0.15, -0.1) is 0 Å². The standard InChI is InChI=1S/C17H18ClN3O5S/c1-11-4-6-14(21(23)24)9-15(11)19-17(22)10-20(27(3,25)26)16-7-5-13(18)8-12(16)2/h4-9H,10H2,1-3H3,(H,19,22). The average Bonchev–Trinajstić information content (AvgIpc) is 2.54. The summed E-state index contributed by atoms with van der Waals surface area (Å²) < 4.78 is 25.3. The third-order valence-electron chi connectivity index (χ3n) is 3.82. The molecule has 1 amide bonds. The molecule has 0 saturated heterocycles. The van der Waals surface area contributed by atoms with E-state index in [2.05, 4.69) is 5.32 Å². The van der Waals surface area contributed by atoms with Crippen LogP contribution in [-0.4, -0.2) is 32.0 Å². The number of nitrogens with one attached hydrogen (secondary N) is 1. The number of amides is 1. The second-order valence-electron chi connectivity index (χ2n) is 6.00. The lowest BCUT2D eigenvalue weighted by molar-refractivity contribution is -0.384. The number of carbonyl (C=O) groups is 1. The highest BCUT2D eigenvalue weighted by Crippen LogP contribution is 2.26. The van der Waals surface area contributed by atoms with Crippen molar-refractivity contribution < 1.29 is 18.1 Å². The lowest BCUT2D eigenvalue weighted by atomic mass is 10.2. The number of benzene rings is 2. The highest BCUT2D eigenvalue weighted by molar-refractivity contribution is 7.92. The van der Waals surface area contributed by atoms with Crippen LogP contribution in [0.5, 0.6) is 0 Å². The fourth-order valence-electron chi connectivity index (χ4n) is 2.46. The Morgan fingerprint density at radius 1 is 1.19 bits per heavy atom. The number of anilines is 2. The van der Waals surface area contributed by atoms with Crippen LogP contribution in [-0.2, 0) is 14.8 Å². The molecular formula is C17H18ClN3O5S. The van der Waals surface area contributed by atoms with Gasteiger partial charge in [-0.1, -0.05) is 17.7 Å². The first kappa shape index (κ1) is 20.7. The minimum Gasteiger partial charge on any atom is -0.324 e. The summed E-state index contributed by atoms with van der Waals surface area (Å²) >= 11 is 5.90. The predicted molar refractivity (Wildman–Crippen MR) is 105 cm³/mol. The minimum atomic E-state index is -3.75. The second-order valence-corrected chi connectivity index (χ2v) is 8.35. The van der Waals surface area contributed by atoms with E-state index >= 15 is 0 Å². The monoisotopic (exact) mass is 411 g/mol. The lowest BCUT2D eigenvalue weighted by Crippen LogP contribution is -2.38. The van der Waals surface area contributed by atoms with Gasteiger partial charge in [0.2, 0.25) is 15.9 Å². The molecule has 0 radical (unpaired) electrons. The zero-order valence-electron chi connectivity index (χ0n) is 14.9. The molecule has 2 aromatic rings. The number of aryl methyl sites for hydroxylation is 2. The normalized spacial score (nSPS) is 11.1. The van der Waals surface area contributed by atoms with E-state index in [1.807, 2.05) is 0 Å². The SMILES string of the molecule is Cc1ccc([N+](=O)[O-])cc1NC(=O)CN(c1ccc(Cl)cc1C)S(C)(=O)=O. The molecule has 0 aliphatic rings. The number of nitrogens with zero attached hydrogens (tertiary/aromatic N) is 2. The van der Waals surface area contributed by atoms with Crippen LogP contribution in [0, 0.1) is 24.0 Å². The Bertz CT molecular complexity index is 1010. The fourth-order valence-corrected chi connectivity index (χ4v) is 3.60. The highest BCUT2D eigenvalue weighted by atomic mass is 35.5. The van der Waals surface area contributed by atoms with Gasteiger partial charge < -0.3 is 5.32 Å². The van der Waals surface area contributed by atoms with E-state index in [1.54, 1.807) is 19.9 Å². The van der Waals surface area contributed by atoms with E-state index in [-0.39, 0.29) is 11.4 Å². The molecule has 0 fully saturated rings. The van der Waals surface area contributed by atoms with E-state index in [0.29, 0.717) is 21.8 Å². The number of sulfonamides is 1. The van der Waals surface area contributed by atoms with E-state index in [0.717, 1.165) is 10.6 Å². The van der Waals surface area contributed by atoms with Crippen LogP contribution in [0.15, 0.2) is 36.4 Å². The summed E-state index contributed by atoms with van der Waals surface area (Å²) in [6.07, 6.45) is 0.993. The van der Waals surface area contributed by atoms with E-state index in [9.17, 15) is 23.3 Å². The van der Waals surface area contributed by atoms with Gasteiger partial charge in [0.15, 0.2) is 0 Å². The highest BCUT2D eigenvalue weighted by Gasteiger charge is 2.23. The van der Waals surface area contributed by atoms with E-state index in [1.165, 1.54) is 30.3 Å². The second kappa shape index (κ2) is 7.93. The van der Waals surface area contributed by atoms with Crippen molar-refractivity contribution in [1.29, 1.82) is 0 Å². The maximum Gasteiger partial charge on any atom is 0.271 e. The smallest absolute Gasteiger partial charge is 0.271 e. The first-order chi connectivity index (χ1) is 12.5. The molecule has 10 heteroatoms. The van der Waals surface area contributed by atoms with Crippen LogP contribution >= 0.6 is 11.6 Å². The molecular weight excluding hydrogens is 394 g/mol. The van der Waals surface area contributed by atoms with Crippen molar-refractivity contribution >= 4 is 44.6 Å². The molecule has 8 nitrogen and oxygen atoms in total. The van der Waals surface area contributed by atoms with Gasteiger partial charge in [0, 0.05) is 17.2 Å². The van der Waals surface area contributed by atoms with Crippen LogP contribution in [0.4, 0.5) is 17.1 Å². The summed E-state index contributed by atoms with van der Waals surface area (Å²) in [6.45, 7) is 2.88. The Kier molecular flexibility index (Phi) is 6.07. The maximum absolute atomic E-state index is 12.4. The molecule has 0 aromatic heterocycles. The average molecular weight is 412 g/mol. The number of nitro benzene ring substituents is 1. The zero-order chi connectivity index (χ0) is 20.4. The number of nitro groups is 1. The van der Waals surface area contributed by atoms with Gasteiger partial charge >= 0.3 is 0 Å². The van der Waals surface area contributed by atoms with Gasteiger partial charge in [0.1, 0.15) is 6.54 Å². The van der Waals surface area contributed by atoms with Gasteiger partial charge in [-0.25, -0.2) is 8.42 Å². The number of hydrogen-bond donors (Lipinski definition) is 1. The predicted octanol–water partition coefficient (Wildman–Crippen LogP) is 3.27. The van der Waals surface area contributed by atoms with Crippen LogP contribution in [0.3, 0.4) is 0 Å². The lowest BCUT2D eigenvalue weighted by Gasteiger charge is -2.24. The molecule has 27 heavy (non-hydrogen) atoms. The molecule has 1 N–H and O–H groups in total. The van der Waals surface area contributed by atoms with Gasteiger partial charge in [-0.3, -0.25) is 19.2 Å². The van der Waals surface area contributed by atoms with E-state index in [4.69, 9.17) is 11.6 Å². The van der Waals surface area contributed by atoms with Gasteiger partial charge in [-0.2, -0.15) is 0 Å².